The Bertz CT molecular complexity index is 575. The number of ether oxygens (including phenoxy) is 1. The Balaban J connectivity index is 2.35. The highest BCUT2D eigenvalue weighted by Crippen LogP contribution is 2.23. The van der Waals surface area contributed by atoms with E-state index in [1.165, 1.54) is 0 Å². The summed E-state index contributed by atoms with van der Waals surface area (Å²) in [6.07, 6.45) is -0.0343. The van der Waals surface area contributed by atoms with E-state index < -0.39 is 5.97 Å². The summed E-state index contributed by atoms with van der Waals surface area (Å²) in [4.78, 5) is 10.7. The molecule has 0 atom stereocenters. The Labute approximate surface area is 105 Å². The molecule has 0 aliphatic heterocycles. The first-order chi connectivity index (χ1) is 8.60. The molecule has 1 aromatic carbocycles. The first-order valence-electron chi connectivity index (χ1n) is 5.49. The average Bonchev–Trinajstić information content (AvgIpc) is 2.70. The van der Waals surface area contributed by atoms with E-state index in [-0.39, 0.29) is 6.42 Å². The van der Waals surface area contributed by atoms with E-state index in [1.54, 1.807) is 24.9 Å². The number of benzene rings is 1. The van der Waals surface area contributed by atoms with Crippen molar-refractivity contribution in [3.8, 4) is 17.0 Å². The summed E-state index contributed by atoms with van der Waals surface area (Å²) in [5, 5.41) is 13.1. The third-order valence-corrected chi connectivity index (χ3v) is 2.67. The molecule has 0 radical (unpaired) electrons. The van der Waals surface area contributed by atoms with Gasteiger partial charge >= 0.3 is 5.97 Å². The van der Waals surface area contributed by atoms with E-state index in [9.17, 15) is 4.79 Å². The zero-order chi connectivity index (χ0) is 13.1. The van der Waals surface area contributed by atoms with Gasteiger partial charge in [0, 0.05) is 18.3 Å². The molecule has 0 aliphatic carbocycles. The molecule has 1 aromatic heterocycles. The second-order valence-corrected chi connectivity index (χ2v) is 3.95. The van der Waals surface area contributed by atoms with E-state index in [0.29, 0.717) is 5.69 Å². The van der Waals surface area contributed by atoms with Crippen molar-refractivity contribution < 1.29 is 14.6 Å². The number of nitrogens with zero attached hydrogens (tertiary/aromatic N) is 2. The minimum atomic E-state index is -0.866. The number of carboxylic acids is 1. The molecule has 0 bridgehead atoms. The van der Waals surface area contributed by atoms with Crippen LogP contribution in [0.2, 0.25) is 0 Å². The summed E-state index contributed by atoms with van der Waals surface area (Å²) in [6, 6.07) is 9.29. The van der Waals surface area contributed by atoms with Gasteiger partial charge in [-0.1, -0.05) is 12.1 Å². The van der Waals surface area contributed by atoms with Gasteiger partial charge in [-0.25, -0.2) is 0 Å². The highest BCUT2D eigenvalue weighted by Gasteiger charge is 2.10. The predicted octanol–water partition coefficient (Wildman–Crippen LogP) is 1.72. The number of hydrogen-bond donors (Lipinski definition) is 1. The lowest BCUT2D eigenvalue weighted by Gasteiger charge is -2.01. The summed E-state index contributed by atoms with van der Waals surface area (Å²) in [6.45, 7) is 0. The van der Waals surface area contributed by atoms with Crippen LogP contribution in [0.15, 0.2) is 30.3 Å². The Kier molecular flexibility index (Phi) is 3.32. The van der Waals surface area contributed by atoms with Gasteiger partial charge in [0.2, 0.25) is 0 Å². The van der Waals surface area contributed by atoms with Gasteiger partial charge in [-0.05, 0) is 18.2 Å². The van der Waals surface area contributed by atoms with Crippen LogP contribution < -0.4 is 4.74 Å². The molecule has 1 N–H and O–H groups in total. The molecule has 0 amide bonds. The van der Waals surface area contributed by atoms with Gasteiger partial charge in [0.1, 0.15) is 5.75 Å². The van der Waals surface area contributed by atoms with Gasteiger partial charge in [0.25, 0.3) is 0 Å². The highest BCUT2D eigenvalue weighted by atomic mass is 16.5. The molecular weight excluding hydrogens is 232 g/mol. The van der Waals surface area contributed by atoms with Gasteiger partial charge in [-0.15, -0.1) is 0 Å². The SMILES string of the molecule is COc1cccc(-c2cc(CC(=O)O)n(C)n2)c1. The van der Waals surface area contributed by atoms with Crippen molar-refractivity contribution in [3.63, 3.8) is 0 Å². The molecule has 0 saturated heterocycles. The number of aryl methyl sites for hydroxylation is 1. The van der Waals surface area contributed by atoms with Crippen LogP contribution in [-0.2, 0) is 18.3 Å². The zero-order valence-electron chi connectivity index (χ0n) is 10.3. The molecule has 2 rings (SSSR count). The van der Waals surface area contributed by atoms with E-state index in [2.05, 4.69) is 5.10 Å². The molecule has 1 heterocycles. The number of aliphatic carboxylic acids is 1. The smallest absolute Gasteiger partial charge is 0.309 e. The second-order valence-electron chi connectivity index (χ2n) is 3.95. The normalized spacial score (nSPS) is 10.3. The van der Waals surface area contributed by atoms with Crippen LogP contribution in [-0.4, -0.2) is 28.0 Å². The second kappa shape index (κ2) is 4.91. The van der Waals surface area contributed by atoms with Crippen LogP contribution >= 0.6 is 0 Å². The maximum Gasteiger partial charge on any atom is 0.309 e. The lowest BCUT2D eigenvalue weighted by Crippen LogP contribution is -2.05. The fourth-order valence-electron chi connectivity index (χ4n) is 1.75. The number of hydrogen-bond acceptors (Lipinski definition) is 3. The van der Waals surface area contributed by atoms with Crippen molar-refractivity contribution in [2.75, 3.05) is 7.11 Å². The molecule has 18 heavy (non-hydrogen) atoms. The maximum absolute atomic E-state index is 10.7. The molecule has 0 fully saturated rings. The Morgan fingerprint density at radius 3 is 2.89 bits per heavy atom. The van der Waals surface area contributed by atoms with Crippen molar-refractivity contribution in [2.24, 2.45) is 7.05 Å². The van der Waals surface area contributed by atoms with Gasteiger partial charge in [0.05, 0.1) is 19.2 Å². The van der Waals surface area contributed by atoms with Crippen LogP contribution in [0.3, 0.4) is 0 Å². The summed E-state index contributed by atoms with van der Waals surface area (Å²) >= 11 is 0. The molecule has 0 aliphatic rings. The van der Waals surface area contributed by atoms with Gasteiger partial charge in [0.15, 0.2) is 0 Å². The topological polar surface area (TPSA) is 64.3 Å². The Hall–Kier alpha value is -2.30. The molecule has 5 heteroatoms. The van der Waals surface area contributed by atoms with Crippen molar-refractivity contribution in [1.29, 1.82) is 0 Å². The lowest BCUT2D eigenvalue weighted by atomic mass is 10.1. The molecule has 2 aromatic rings. The Morgan fingerprint density at radius 2 is 2.22 bits per heavy atom. The van der Waals surface area contributed by atoms with E-state index >= 15 is 0 Å². The first kappa shape index (κ1) is 12.2. The lowest BCUT2D eigenvalue weighted by molar-refractivity contribution is -0.136. The molecule has 0 saturated carbocycles. The van der Waals surface area contributed by atoms with E-state index in [1.807, 2.05) is 24.3 Å². The molecular formula is C13H14N2O3. The third-order valence-electron chi connectivity index (χ3n) is 2.67. The van der Waals surface area contributed by atoms with Crippen molar-refractivity contribution >= 4 is 5.97 Å². The highest BCUT2D eigenvalue weighted by molar-refractivity contribution is 5.71. The maximum atomic E-state index is 10.7. The van der Waals surface area contributed by atoms with E-state index in [0.717, 1.165) is 17.0 Å². The van der Waals surface area contributed by atoms with Crippen LogP contribution in [0.5, 0.6) is 5.75 Å². The molecule has 94 valence electrons. The number of rotatable bonds is 4. The van der Waals surface area contributed by atoms with Gasteiger partial charge < -0.3 is 9.84 Å². The Morgan fingerprint density at radius 1 is 1.44 bits per heavy atom. The van der Waals surface area contributed by atoms with Crippen molar-refractivity contribution in [2.45, 2.75) is 6.42 Å². The summed E-state index contributed by atoms with van der Waals surface area (Å²) in [7, 11) is 3.34. The predicted molar refractivity (Wildman–Crippen MR) is 66.5 cm³/mol. The number of carboxylic acid groups (broad SMARTS) is 1. The minimum Gasteiger partial charge on any atom is -0.497 e. The summed E-state index contributed by atoms with van der Waals surface area (Å²) in [5.41, 5.74) is 2.31. The first-order valence-corrected chi connectivity index (χ1v) is 5.49. The number of carbonyl (C=O) groups is 1. The minimum absolute atomic E-state index is 0.0343. The summed E-state index contributed by atoms with van der Waals surface area (Å²) in [5.74, 6) is -0.117. The van der Waals surface area contributed by atoms with Gasteiger partial charge in [-0.3, -0.25) is 9.48 Å². The standard InChI is InChI=1S/C13H14N2O3/c1-15-10(8-13(16)17)7-12(14-15)9-4-3-5-11(6-9)18-2/h3-7H,8H2,1-2H3,(H,16,17). The van der Waals surface area contributed by atoms with Gasteiger partial charge in [-0.2, -0.15) is 5.10 Å². The average molecular weight is 246 g/mol. The summed E-state index contributed by atoms with van der Waals surface area (Å²) < 4.78 is 6.74. The fraction of sp³-hybridized carbons (Fsp3) is 0.231. The van der Waals surface area contributed by atoms with Crippen LogP contribution in [0.4, 0.5) is 0 Å². The third kappa shape index (κ3) is 2.51. The molecule has 0 spiro atoms. The van der Waals surface area contributed by atoms with Crippen LogP contribution in [0.25, 0.3) is 11.3 Å². The largest absolute Gasteiger partial charge is 0.497 e. The molecule has 0 unspecified atom stereocenters. The molecule has 5 nitrogen and oxygen atoms in total. The number of aromatic nitrogens is 2. The van der Waals surface area contributed by atoms with Crippen LogP contribution in [0, 0.1) is 0 Å². The monoisotopic (exact) mass is 246 g/mol. The fourth-order valence-corrected chi connectivity index (χ4v) is 1.75. The van der Waals surface area contributed by atoms with Crippen LogP contribution in [0.1, 0.15) is 5.69 Å². The van der Waals surface area contributed by atoms with Crippen molar-refractivity contribution in [1.82, 2.24) is 9.78 Å². The quantitative estimate of drug-likeness (QED) is 0.892. The number of methoxy groups -OCH3 is 1. The zero-order valence-corrected chi connectivity index (χ0v) is 10.3. The van der Waals surface area contributed by atoms with Crippen molar-refractivity contribution in [3.05, 3.63) is 36.0 Å². The van der Waals surface area contributed by atoms with E-state index in [4.69, 9.17) is 9.84 Å².